The standard InChI is InChI=1S/C33H55N9O7/c1-18(2)26(31(48)41-27(19(3)4)32(49)42-15-7-8-22(42)17-43)40-28(45)20(5)38-30(47)25(16-21-10-12-23(44)13-11-21)39-29(46)24(34)9-6-14-37-33(35)36/h10-13,18-20,22,24-27,43-44H,6-9,14-17,34H2,1-5H3,(H,38,47)(H,39,46)(H,40,45)(H,41,48)(H4,35,36,37)/p+1/t20-,22-,24-,25-,26-,27-/m0/s1. The second-order valence-corrected chi connectivity index (χ2v) is 13.3. The quantitative estimate of drug-likeness (QED) is 0.0415. The molecule has 274 valence electrons. The second kappa shape index (κ2) is 19.5. The van der Waals surface area contributed by atoms with Crippen LogP contribution < -0.4 is 43.5 Å². The number of rotatable bonds is 18. The number of hydrogen-bond donors (Lipinski definition) is 10. The molecule has 0 saturated carbocycles. The number of amides is 5. The zero-order valence-electron chi connectivity index (χ0n) is 29.2. The lowest BCUT2D eigenvalue weighted by Crippen LogP contribution is -2.78. The predicted molar refractivity (Wildman–Crippen MR) is 183 cm³/mol. The van der Waals surface area contributed by atoms with Crippen molar-refractivity contribution in [3.63, 3.8) is 0 Å². The first kappa shape index (κ1) is 40.7. The maximum absolute atomic E-state index is 13.5. The van der Waals surface area contributed by atoms with E-state index in [9.17, 15) is 34.2 Å². The second-order valence-electron chi connectivity index (χ2n) is 13.3. The molecule has 0 radical (unpaired) electrons. The third kappa shape index (κ3) is 12.8. The van der Waals surface area contributed by atoms with E-state index >= 15 is 0 Å². The molecule has 1 aliphatic rings. The molecule has 6 atom stereocenters. The van der Waals surface area contributed by atoms with Gasteiger partial charge >= 0.3 is 5.96 Å². The van der Waals surface area contributed by atoms with Crippen LogP contribution in [0.1, 0.15) is 65.9 Å². The van der Waals surface area contributed by atoms with Gasteiger partial charge in [-0.3, -0.25) is 40.4 Å². The fraction of sp³-hybridized carbons (Fsp3) is 0.636. The average molecular weight is 691 g/mol. The molecule has 49 heavy (non-hydrogen) atoms. The van der Waals surface area contributed by atoms with Crippen molar-refractivity contribution in [1.29, 1.82) is 0 Å². The molecule has 16 heteroatoms. The summed E-state index contributed by atoms with van der Waals surface area (Å²) in [6.07, 6.45) is 2.24. The van der Waals surface area contributed by atoms with Gasteiger partial charge in [0, 0.05) is 13.0 Å². The van der Waals surface area contributed by atoms with Crippen LogP contribution in [0.3, 0.4) is 0 Å². The summed E-state index contributed by atoms with van der Waals surface area (Å²) in [6, 6.07) is 0.736. The number of nitrogens with one attached hydrogen (secondary N) is 5. The lowest BCUT2D eigenvalue weighted by Gasteiger charge is -2.32. The summed E-state index contributed by atoms with van der Waals surface area (Å²) in [6.45, 7) is 9.29. The summed E-state index contributed by atoms with van der Waals surface area (Å²) in [5, 5.41) is 30.1. The van der Waals surface area contributed by atoms with Crippen molar-refractivity contribution < 1.29 is 39.2 Å². The zero-order valence-corrected chi connectivity index (χ0v) is 29.2. The molecule has 16 nitrogen and oxygen atoms in total. The molecule has 1 fully saturated rings. The minimum absolute atomic E-state index is 0.0308. The Morgan fingerprint density at radius 3 is 2.06 bits per heavy atom. The van der Waals surface area contributed by atoms with Gasteiger partial charge in [0.05, 0.1) is 25.2 Å². The van der Waals surface area contributed by atoms with E-state index in [1.54, 1.807) is 30.9 Å². The highest BCUT2D eigenvalue weighted by molar-refractivity contribution is 5.96. The number of aliphatic hydroxyl groups excluding tert-OH is 1. The highest BCUT2D eigenvalue weighted by atomic mass is 16.3. The summed E-state index contributed by atoms with van der Waals surface area (Å²) in [4.78, 5) is 70.9. The van der Waals surface area contributed by atoms with Crippen LogP contribution in [-0.4, -0.2) is 107 Å². The van der Waals surface area contributed by atoms with Gasteiger partial charge in [0.2, 0.25) is 29.5 Å². The molecule has 1 aromatic carbocycles. The molecule has 0 spiro atoms. The van der Waals surface area contributed by atoms with Crippen LogP contribution in [0, 0.1) is 11.8 Å². The lowest BCUT2D eigenvalue weighted by atomic mass is 9.98. The zero-order chi connectivity index (χ0) is 36.8. The van der Waals surface area contributed by atoms with Crippen molar-refractivity contribution in [1.82, 2.24) is 26.2 Å². The Morgan fingerprint density at radius 2 is 1.49 bits per heavy atom. The van der Waals surface area contributed by atoms with E-state index in [4.69, 9.17) is 17.2 Å². The highest BCUT2D eigenvalue weighted by Gasteiger charge is 2.37. The number of aliphatic hydroxyl groups is 1. The molecule has 13 N–H and O–H groups in total. The first-order chi connectivity index (χ1) is 23.0. The van der Waals surface area contributed by atoms with E-state index in [2.05, 4.69) is 26.3 Å². The molecule has 1 aromatic rings. The molecular formula is C33H56N9O7+. The first-order valence-electron chi connectivity index (χ1n) is 16.8. The summed E-state index contributed by atoms with van der Waals surface area (Å²) in [5.74, 6) is -3.28. The minimum Gasteiger partial charge on any atom is -0.508 e. The van der Waals surface area contributed by atoms with Crippen LogP contribution in [0.5, 0.6) is 5.75 Å². The molecule has 2 rings (SSSR count). The number of carbonyl (C=O) groups excluding carboxylic acids is 5. The highest BCUT2D eigenvalue weighted by Crippen LogP contribution is 2.20. The Labute approximate surface area is 288 Å². The maximum Gasteiger partial charge on any atom is 0.338 e. The number of phenols is 1. The Balaban J connectivity index is 2.12. The number of phenolic OH excluding ortho intramolecular Hbond substituents is 1. The summed E-state index contributed by atoms with van der Waals surface area (Å²) >= 11 is 0. The van der Waals surface area contributed by atoms with Gasteiger partial charge in [0.1, 0.15) is 29.9 Å². The number of likely N-dealkylation sites (tertiary alicyclic amines) is 1. The summed E-state index contributed by atoms with van der Waals surface area (Å²) in [5.41, 5.74) is 17.5. The van der Waals surface area contributed by atoms with E-state index in [0.717, 1.165) is 6.42 Å². The third-order valence-electron chi connectivity index (χ3n) is 8.47. The SMILES string of the molecule is CC(C)[C@H](NC(=O)[C@H](C)NC(=O)[C@H](Cc1ccc(O)cc1)NC(=O)[C@@H](N)CCC[NH+]=C(N)N)C(=O)N[C@H](C(=O)N1CCC[C@H]1CO)C(C)C. The summed E-state index contributed by atoms with van der Waals surface area (Å²) < 4.78 is 0. The monoisotopic (exact) mass is 690 g/mol. The Bertz CT molecular complexity index is 1300. The smallest absolute Gasteiger partial charge is 0.338 e. The van der Waals surface area contributed by atoms with Crippen LogP contribution in [0.2, 0.25) is 0 Å². The molecule has 1 aliphatic heterocycles. The molecule has 0 aliphatic carbocycles. The fourth-order valence-corrected chi connectivity index (χ4v) is 5.49. The van der Waals surface area contributed by atoms with Gasteiger partial charge in [-0.1, -0.05) is 39.8 Å². The number of benzene rings is 1. The first-order valence-corrected chi connectivity index (χ1v) is 16.8. The number of nitrogens with zero attached hydrogens (tertiary/aromatic N) is 1. The van der Waals surface area contributed by atoms with Gasteiger partial charge in [-0.2, -0.15) is 0 Å². The van der Waals surface area contributed by atoms with Crippen molar-refractivity contribution in [3.8, 4) is 5.75 Å². The van der Waals surface area contributed by atoms with E-state index in [1.165, 1.54) is 19.1 Å². The van der Waals surface area contributed by atoms with Crippen LogP contribution in [0.4, 0.5) is 0 Å². The van der Waals surface area contributed by atoms with Crippen molar-refractivity contribution in [3.05, 3.63) is 29.8 Å². The summed E-state index contributed by atoms with van der Waals surface area (Å²) in [7, 11) is 0. The number of aromatic hydroxyl groups is 1. The van der Waals surface area contributed by atoms with Crippen LogP contribution in [0.15, 0.2) is 24.3 Å². The molecule has 0 bridgehead atoms. The van der Waals surface area contributed by atoms with E-state index in [1.807, 2.05) is 13.8 Å². The molecule has 5 amide bonds. The van der Waals surface area contributed by atoms with Gasteiger partial charge < -0.3 is 42.1 Å². The number of nitrogens with two attached hydrogens (primary N) is 3. The van der Waals surface area contributed by atoms with E-state index in [-0.39, 0.29) is 54.9 Å². The predicted octanol–water partition coefficient (Wildman–Crippen LogP) is -3.35. The Kier molecular flexibility index (Phi) is 16.2. The normalized spacial score (nSPS) is 17.4. The van der Waals surface area contributed by atoms with Crippen molar-refractivity contribution >= 4 is 35.5 Å². The van der Waals surface area contributed by atoms with Crippen LogP contribution in [0.25, 0.3) is 0 Å². The van der Waals surface area contributed by atoms with Crippen molar-refractivity contribution in [2.24, 2.45) is 29.0 Å². The molecule has 0 aromatic heterocycles. The number of hydrogen-bond acceptors (Lipinski definition) is 8. The van der Waals surface area contributed by atoms with Crippen LogP contribution >= 0.6 is 0 Å². The van der Waals surface area contributed by atoms with Gasteiger partial charge in [-0.15, -0.1) is 0 Å². The van der Waals surface area contributed by atoms with Crippen LogP contribution in [-0.2, 0) is 30.4 Å². The van der Waals surface area contributed by atoms with E-state index in [0.29, 0.717) is 31.5 Å². The minimum atomic E-state index is -1.13. The van der Waals surface area contributed by atoms with Crippen molar-refractivity contribution in [2.45, 2.75) is 103 Å². The third-order valence-corrected chi connectivity index (χ3v) is 8.47. The van der Waals surface area contributed by atoms with E-state index < -0.39 is 53.8 Å². The Hall–Kier alpha value is -4.44. The number of guanidine groups is 1. The lowest BCUT2D eigenvalue weighted by molar-refractivity contribution is -0.459. The largest absolute Gasteiger partial charge is 0.508 e. The molecule has 0 unspecified atom stereocenters. The fourth-order valence-electron chi connectivity index (χ4n) is 5.49. The molecule has 1 saturated heterocycles. The average Bonchev–Trinajstić information content (AvgIpc) is 3.53. The van der Waals surface area contributed by atoms with Gasteiger partial charge in [-0.25, -0.2) is 0 Å². The number of carbonyl (C=O) groups is 5. The van der Waals surface area contributed by atoms with Gasteiger partial charge in [-0.05, 0) is 62.1 Å². The Morgan fingerprint density at radius 1 is 0.878 bits per heavy atom. The van der Waals surface area contributed by atoms with Crippen molar-refractivity contribution in [2.75, 3.05) is 19.7 Å². The molecule has 1 heterocycles. The molecular weight excluding hydrogens is 634 g/mol. The van der Waals surface area contributed by atoms with Gasteiger partial charge in [0.25, 0.3) is 0 Å². The maximum atomic E-state index is 13.5. The van der Waals surface area contributed by atoms with Gasteiger partial charge in [0.15, 0.2) is 0 Å². The topological polar surface area (TPSA) is 269 Å².